The summed E-state index contributed by atoms with van der Waals surface area (Å²) in [4.78, 5) is 0. The van der Waals surface area contributed by atoms with Crippen molar-refractivity contribution < 1.29 is 4.74 Å². The lowest BCUT2D eigenvalue weighted by Crippen LogP contribution is -2.01. The summed E-state index contributed by atoms with van der Waals surface area (Å²) < 4.78 is 7.70. The van der Waals surface area contributed by atoms with Gasteiger partial charge in [0.25, 0.3) is 0 Å². The monoisotopic (exact) mass is 395 g/mol. The van der Waals surface area contributed by atoms with Crippen LogP contribution in [0.25, 0.3) is 0 Å². The lowest BCUT2D eigenvalue weighted by atomic mass is 10.1. The average molecular weight is 395 g/mol. The number of benzene rings is 3. The molecule has 4 rings (SSSR count). The number of hydrogen-bond acceptors (Lipinski definition) is 5. The van der Waals surface area contributed by atoms with Crippen molar-refractivity contribution in [3.63, 3.8) is 0 Å². The van der Waals surface area contributed by atoms with Gasteiger partial charge in [-0.2, -0.15) is 5.26 Å². The van der Waals surface area contributed by atoms with E-state index in [1.807, 2.05) is 71.5 Å². The van der Waals surface area contributed by atoms with Crippen molar-refractivity contribution in [2.75, 3.05) is 5.32 Å². The molecule has 0 aliphatic carbocycles. The molecule has 0 bridgehead atoms. The summed E-state index contributed by atoms with van der Waals surface area (Å²) in [5, 5.41) is 20.7. The van der Waals surface area contributed by atoms with Gasteiger partial charge in [0.2, 0.25) is 0 Å². The van der Waals surface area contributed by atoms with E-state index < -0.39 is 0 Å². The number of nitrogens with one attached hydrogen (secondary N) is 1. The van der Waals surface area contributed by atoms with E-state index in [9.17, 15) is 0 Å². The maximum absolute atomic E-state index is 9.00. The van der Waals surface area contributed by atoms with E-state index in [2.05, 4.69) is 33.8 Å². The molecule has 0 spiro atoms. The number of rotatable bonds is 8. The summed E-state index contributed by atoms with van der Waals surface area (Å²) in [7, 11) is 0. The molecule has 1 aromatic heterocycles. The van der Waals surface area contributed by atoms with Crippen molar-refractivity contribution in [3.05, 3.63) is 107 Å². The lowest BCUT2D eigenvalue weighted by Gasteiger charge is -2.09. The first-order chi connectivity index (χ1) is 14.8. The first kappa shape index (κ1) is 19.2. The van der Waals surface area contributed by atoms with E-state index in [4.69, 9.17) is 10.00 Å². The largest absolute Gasteiger partial charge is 0.489 e. The maximum atomic E-state index is 9.00. The first-order valence-corrected chi connectivity index (χ1v) is 9.67. The smallest absolute Gasteiger partial charge is 0.168 e. The molecule has 0 saturated heterocycles. The number of nitriles is 1. The summed E-state index contributed by atoms with van der Waals surface area (Å²) in [6.45, 7) is 1.72. The maximum Gasteiger partial charge on any atom is 0.168 e. The van der Waals surface area contributed by atoms with Crippen LogP contribution in [0.1, 0.15) is 22.3 Å². The zero-order valence-corrected chi connectivity index (χ0v) is 16.4. The number of ether oxygens (including phenoxy) is 1. The highest BCUT2D eigenvalue weighted by Gasteiger charge is 2.03. The van der Waals surface area contributed by atoms with Gasteiger partial charge in [-0.15, -0.1) is 5.10 Å². The quantitative estimate of drug-likeness (QED) is 0.479. The van der Waals surface area contributed by atoms with Crippen LogP contribution in [-0.2, 0) is 19.7 Å². The Labute approximate surface area is 175 Å². The van der Waals surface area contributed by atoms with Gasteiger partial charge in [-0.1, -0.05) is 59.8 Å². The standard InChI is InChI=1S/C24H21N5O/c25-14-20-8-4-10-22(12-20)18-30-23-11-5-9-21(13-23)15-26-24-17-29(28-27-24)16-19-6-2-1-3-7-19/h1-13,17,26H,15-16,18H2. The Morgan fingerprint density at radius 1 is 0.900 bits per heavy atom. The molecule has 1 N–H and O–H groups in total. The van der Waals surface area contributed by atoms with Gasteiger partial charge in [-0.05, 0) is 41.0 Å². The molecule has 3 aromatic carbocycles. The molecule has 148 valence electrons. The molecule has 0 fully saturated rings. The Kier molecular flexibility index (Phi) is 6.02. The van der Waals surface area contributed by atoms with Gasteiger partial charge in [-0.25, -0.2) is 4.68 Å². The zero-order valence-electron chi connectivity index (χ0n) is 16.4. The average Bonchev–Trinajstić information content (AvgIpc) is 3.25. The zero-order chi connectivity index (χ0) is 20.6. The van der Waals surface area contributed by atoms with Crippen LogP contribution in [-0.4, -0.2) is 15.0 Å². The molecule has 30 heavy (non-hydrogen) atoms. The van der Waals surface area contributed by atoms with Gasteiger partial charge in [0.15, 0.2) is 5.82 Å². The van der Waals surface area contributed by atoms with E-state index in [-0.39, 0.29) is 0 Å². The van der Waals surface area contributed by atoms with Gasteiger partial charge < -0.3 is 10.1 Å². The molecule has 6 nitrogen and oxygen atoms in total. The molecule has 0 unspecified atom stereocenters. The number of nitrogens with zero attached hydrogens (tertiary/aromatic N) is 4. The van der Waals surface area contributed by atoms with E-state index in [1.165, 1.54) is 5.56 Å². The topological polar surface area (TPSA) is 75.8 Å². The normalized spacial score (nSPS) is 10.4. The van der Waals surface area contributed by atoms with E-state index >= 15 is 0 Å². The molecular weight excluding hydrogens is 374 g/mol. The van der Waals surface area contributed by atoms with Crippen LogP contribution in [0.5, 0.6) is 5.75 Å². The highest BCUT2D eigenvalue weighted by molar-refractivity contribution is 5.36. The second kappa shape index (κ2) is 9.39. The number of anilines is 1. The Morgan fingerprint density at radius 2 is 1.70 bits per heavy atom. The Balaban J connectivity index is 1.32. The van der Waals surface area contributed by atoms with Crippen molar-refractivity contribution in [1.29, 1.82) is 5.26 Å². The first-order valence-electron chi connectivity index (χ1n) is 9.67. The van der Waals surface area contributed by atoms with Gasteiger partial charge in [-0.3, -0.25) is 0 Å². The fourth-order valence-electron chi connectivity index (χ4n) is 3.06. The Morgan fingerprint density at radius 3 is 2.57 bits per heavy atom. The molecular formula is C24H21N5O. The fourth-order valence-corrected chi connectivity index (χ4v) is 3.06. The highest BCUT2D eigenvalue weighted by Crippen LogP contribution is 2.17. The molecule has 0 aliphatic rings. The molecule has 0 radical (unpaired) electrons. The van der Waals surface area contributed by atoms with Crippen LogP contribution in [0, 0.1) is 11.3 Å². The van der Waals surface area contributed by atoms with Crippen molar-refractivity contribution in [2.24, 2.45) is 0 Å². The van der Waals surface area contributed by atoms with E-state index in [0.29, 0.717) is 25.3 Å². The molecule has 0 aliphatic heterocycles. The van der Waals surface area contributed by atoms with Crippen LogP contribution in [0.15, 0.2) is 85.1 Å². The van der Waals surface area contributed by atoms with Crippen molar-refractivity contribution in [1.82, 2.24) is 15.0 Å². The van der Waals surface area contributed by atoms with Gasteiger partial charge in [0, 0.05) is 6.54 Å². The van der Waals surface area contributed by atoms with Gasteiger partial charge in [0.1, 0.15) is 12.4 Å². The Hall–Kier alpha value is -4.11. The molecule has 1 heterocycles. The third kappa shape index (κ3) is 5.24. The third-order valence-corrected chi connectivity index (χ3v) is 4.56. The van der Waals surface area contributed by atoms with E-state index in [0.717, 1.165) is 22.7 Å². The summed E-state index contributed by atoms with van der Waals surface area (Å²) in [5.41, 5.74) is 3.86. The minimum absolute atomic E-state index is 0.417. The van der Waals surface area contributed by atoms with E-state index in [1.54, 1.807) is 6.07 Å². The lowest BCUT2D eigenvalue weighted by molar-refractivity contribution is 0.306. The minimum atomic E-state index is 0.417. The van der Waals surface area contributed by atoms with Crippen molar-refractivity contribution in [3.8, 4) is 11.8 Å². The van der Waals surface area contributed by atoms with Crippen LogP contribution in [0.2, 0.25) is 0 Å². The SMILES string of the molecule is N#Cc1cccc(COc2cccc(CNc3cn(Cc4ccccc4)nn3)c2)c1. The predicted octanol–water partition coefficient (Wildman–Crippen LogP) is 4.39. The Bertz CT molecular complexity index is 1150. The summed E-state index contributed by atoms with van der Waals surface area (Å²) in [5.74, 6) is 1.51. The fraction of sp³-hybridized carbons (Fsp3) is 0.125. The second-order valence-electron chi connectivity index (χ2n) is 6.89. The summed E-state index contributed by atoms with van der Waals surface area (Å²) >= 11 is 0. The highest BCUT2D eigenvalue weighted by atomic mass is 16.5. The molecule has 0 saturated carbocycles. The summed E-state index contributed by atoms with van der Waals surface area (Å²) in [6, 6.07) is 27.7. The number of hydrogen-bond donors (Lipinski definition) is 1. The molecule has 6 heteroatoms. The summed E-state index contributed by atoms with van der Waals surface area (Å²) in [6.07, 6.45) is 1.90. The van der Waals surface area contributed by atoms with Gasteiger partial charge >= 0.3 is 0 Å². The molecule has 0 amide bonds. The van der Waals surface area contributed by atoms with Crippen LogP contribution in [0.4, 0.5) is 5.82 Å². The third-order valence-electron chi connectivity index (χ3n) is 4.56. The number of aromatic nitrogens is 3. The molecule has 4 aromatic rings. The van der Waals surface area contributed by atoms with Crippen LogP contribution >= 0.6 is 0 Å². The van der Waals surface area contributed by atoms with Crippen molar-refractivity contribution in [2.45, 2.75) is 19.7 Å². The molecule has 0 atom stereocenters. The predicted molar refractivity (Wildman–Crippen MR) is 115 cm³/mol. The minimum Gasteiger partial charge on any atom is -0.489 e. The van der Waals surface area contributed by atoms with Gasteiger partial charge in [0.05, 0.1) is 24.4 Å². The second-order valence-corrected chi connectivity index (χ2v) is 6.89. The van der Waals surface area contributed by atoms with Crippen LogP contribution < -0.4 is 10.1 Å². The van der Waals surface area contributed by atoms with Crippen molar-refractivity contribution >= 4 is 5.82 Å². The van der Waals surface area contributed by atoms with Crippen LogP contribution in [0.3, 0.4) is 0 Å².